The fraction of sp³-hybridized carbons (Fsp3) is 0.241. The van der Waals surface area contributed by atoms with Gasteiger partial charge in [-0.15, -0.1) is 5.10 Å². The number of para-hydroxylation sites is 1. The number of hydrogen-bond acceptors (Lipinski definition) is 6. The molecule has 186 valence electrons. The first-order valence-electron chi connectivity index (χ1n) is 12.5. The summed E-state index contributed by atoms with van der Waals surface area (Å²) in [7, 11) is 1.65. The number of nitrogens with one attached hydrogen (secondary N) is 1. The van der Waals surface area contributed by atoms with E-state index in [0.29, 0.717) is 17.9 Å². The van der Waals surface area contributed by atoms with Crippen molar-refractivity contribution >= 4 is 16.6 Å². The third-order valence-corrected chi connectivity index (χ3v) is 7.17. The fourth-order valence-electron chi connectivity index (χ4n) is 5.20. The van der Waals surface area contributed by atoms with E-state index in [1.165, 1.54) is 11.1 Å². The zero-order valence-electron chi connectivity index (χ0n) is 20.9. The summed E-state index contributed by atoms with van der Waals surface area (Å²) in [5, 5.41) is 13.9. The van der Waals surface area contributed by atoms with E-state index < -0.39 is 6.04 Å². The van der Waals surface area contributed by atoms with Gasteiger partial charge in [0.1, 0.15) is 11.8 Å². The molecule has 8 heteroatoms. The number of ether oxygens (including phenoxy) is 1. The number of aryl methyl sites for hydroxylation is 1. The van der Waals surface area contributed by atoms with Crippen LogP contribution >= 0.6 is 0 Å². The number of hydrogen-bond donors (Lipinski definition) is 1. The van der Waals surface area contributed by atoms with Gasteiger partial charge in [-0.05, 0) is 81.7 Å². The zero-order valence-corrected chi connectivity index (χ0v) is 20.9. The molecule has 0 unspecified atom stereocenters. The van der Waals surface area contributed by atoms with Crippen LogP contribution in [0.4, 0.5) is 5.69 Å². The van der Waals surface area contributed by atoms with Crippen LogP contribution in [0.3, 0.4) is 0 Å². The van der Waals surface area contributed by atoms with Gasteiger partial charge in [-0.1, -0.05) is 43.3 Å². The minimum atomic E-state index is -0.449. The van der Waals surface area contributed by atoms with Crippen LogP contribution in [0.25, 0.3) is 10.9 Å². The quantitative estimate of drug-likeness (QED) is 0.365. The van der Waals surface area contributed by atoms with Gasteiger partial charge < -0.3 is 14.6 Å². The van der Waals surface area contributed by atoms with Gasteiger partial charge in [0.25, 0.3) is 5.56 Å². The highest BCUT2D eigenvalue weighted by Gasteiger charge is 2.34. The molecule has 1 aliphatic heterocycles. The van der Waals surface area contributed by atoms with E-state index in [4.69, 9.17) is 4.74 Å². The molecule has 0 radical (unpaired) electrons. The average molecular weight is 493 g/mol. The molecular formula is C29H28N6O2. The Morgan fingerprint density at radius 1 is 1.03 bits per heavy atom. The lowest BCUT2D eigenvalue weighted by atomic mass is 10.0. The molecule has 0 aliphatic carbocycles. The molecule has 37 heavy (non-hydrogen) atoms. The third kappa shape index (κ3) is 4.24. The number of methoxy groups -OCH3 is 1. The molecule has 1 atom stereocenters. The van der Waals surface area contributed by atoms with Gasteiger partial charge in [0.15, 0.2) is 5.82 Å². The summed E-state index contributed by atoms with van der Waals surface area (Å²) >= 11 is 0. The van der Waals surface area contributed by atoms with E-state index in [-0.39, 0.29) is 5.56 Å². The van der Waals surface area contributed by atoms with Crippen molar-refractivity contribution in [3.8, 4) is 5.75 Å². The van der Waals surface area contributed by atoms with Crippen molar-refractivity contribution in [1.82, 2.24) is 25.2 Å². The van der Waals surface area contributed by atoms with E-state index in [2.05, 4.69) is 62.7 Å². The second-order valence-corrected chi connectivity index (χ2v) is 9.35. The summed E-state index contributed by atoms with van der Waals surface area (Å²) < 4.78 is 7.09. The number of benzene rings is 3. The maximum Gasteiger partial charge on any atom is 0.254 e. The van der Waals surface area contributed by atoms with Gasteiger partial charge in [0.2, 0.25) is 0 Å². The average Bonchev–Trinajstić information content (AvgIpc) is 3.57. The lowest BCUT2D eigenvalue weighted by Crippen LogP contribution is -2.34. The SMILES string of the molecule is CCc1ccc2[nH]c(=O)c([C@H](c3nnnn3Cc3ccc(OC)cc3)N3CCc4ccccc43)cc2c1. The highest BCUT2D eigenvalue weighted by atomic mass is 16.5. The summed E-state index contributed by atoms with van der Waals surface area (Å²) in [5.41, 5.74) is 5.94. The Kier molecular flexibility index (Phi) is 5.92. The Hall–Kier alpha value is -4.46. The number of tetrazole rings is 1. The second kappa shape index (κ2) is 9.54. The molecule has 0 bridgehead atoms. The predicted molar refractivity (Wildman–Crippen MR) is 143 cm³/mol. The lowest BCUT2D eigenvalue weighted by molar-refractivity contribution is 0.414. The predicted octanol–water partition coefficient (Wildman–Crippen LogP) is 4.29. The molecule has 0 fully saturated rings. The van der Waals surface area contributed by atoms with Gasteiger partial charge in [-0.25, -0.2) is 4.68 Å². The van der Waals surface area contributed by atoms with Crippen LogP contribution < -0.4 is 15.2 Å². The van der Waals surface area contributed by atoms with E-state index in [9.17, 15) is 4.79 Å². The molecule has 2 aromatic heterocycles. The van der Waals surface area contributed by atoms with Crippen LogP contribution in [-0.4, -0.2) is 38.8 Å². The number of H-pyrrole nitrogens is 1. The van der Waals surface area contributed by atoms with Gasteiger partial charge in [-0.2, -0.15) is 0 Å². The molecule has 8 nitrogen and oxygen atoms in total. The van der Waals surface area contributed by atoms with Crippen molar-refractivity contribution < 1.29 is 4.74 Å². The normalized spacial score (nSPS) is 13.6. The van der Waals surface area contributed by atoms with Crippen molar-refractivity contribution in [3.05, 3.63) is 111 Å². The number of fused-ring (bicyclic) bond motifs is 2. The smallest absolute Gasteiger partial charge is 0.254 e. The Morgan fingerprint density at radius 2 is 1.84 bits per heavy atom. The van der Waals surface area contributed by atoms with Gasteiger partial charge in [0, 0.05) is 23.3 Å². The molecule has 5 aromatic rings. The molecular weight excluding hydrogens is 464 g/mol. The number of nitrogens with zero attached hydrogens (tertiary/aromatic N) is 5. The molecule has 0 saturated carbocycles. The van der Waals surface area contributed by atoms with Crippen LogP contribution in [0.1, 0.15) is 41.0 Å². The van der Waals surface area contributed by atoms with Crippen molar-refractivity contribution in [2.24, 2.45) is 0 Å². The monoisotopic (exact) mass is 492 g/mol. The molecule has 6 rings (SSSR count). The first-order valence-corrected chi connectivity index (χ1v) is 12.5. The van der Waals surface area contributed by atoms with E-state index >= 15 is 0 Å². The topological polar surface area (TPSA) is 88.9 Å². The highest BCUT2D eigenvalue weighted by Crippen LogP contribution is 2.37. The minimum absolute atomic E-state index is 0.134. The number of aromatic nitrogens is 5. The molecule has 3 heterocycles. The number of anilines is 1. The molecule has 0 spiro atoms. The van der Waals surface area contributed by atoms with Gasteiger partial charge >= 0.3 is 0 Å². The summed E-state index contributed by atoms with van der Waals surface area (Å²) in [6.45, 7) is 3.38. The standard InChI is InChI=1S/C29H28N6O2/c1-3-19-10-13-25-22(16-19)17-24(29(36)30-25)27(34-15-14-21-6-4-5-7-26(21)34)28-31-32-33-35(28)18-20-8-11-23(37-2)12-9-20/h4-13,16-17,27H,3,14-15,18H2,1-2H3,(H,30,36)/t27-/m1/s1. The Balaban J connectivity index is 1.49. The lowest BCUT2D eigenvalue weighted by Gasteiger charge is -2.29. The summed E-state index contributed by atoms with van der Waals surface area (Å²) in [5.74, 6) is 1.42. The number of rotatable bonds is 7. The molecule has 0 saturated heterocycles. The van der Waals surface area contributed by atoms with E-state index in [1.54, 1.807) is 11.8 Å². The maximum absolute atomic E-state index is 13.6. The van der Waals surface area contributed by atoms with Crippen LogP contribution in [-0.2, 0) is 19.4 Å². The first kappa shape index (κ1) is 23.0. The van der Waals surface area contributed by atoms with Crippen LogP contribution in [0.5, 0.6) is 5.75 Å². The summed E-state index contributed by atoms with van der Waals surface area (Å²) in [6.07, 6.45) is 1.83. The Labute approximate surface area is 214 Å². The van der Waals surface area contributed by atoms with Crippen LogP contribution in [0, 0.1) is 0 Å². The molecule has 1 aliphatic rings. The number of aromatic amines is 1. The maximum atomic E-state index is 13.6. The second-order valence-electron chi connectivity index (χ2n) is 9.35. The van der Waals surface area contributed by atoms with Crippen LogP contribution in [0.15, 0.2) is 77.6 Å². The van der Waals surface area contributed by atoms with Crippen molar-refractivity contribution in [1.29, 1.82) is 0 Å². The number of pyridine rings is 1. The minimum Gasteiger partial charge on any atom is -0.497 e. The van der Waals surface area contributed by atoms with E-state index in [1.807, 2.05) is 42.5 Å². The van der Waals surface area contributed by atoms with Crippen molar-refractivity contribution in [2.75, 3.05) is 18.6 Å². The Bertz CT molecular complexity index is 1620. The molecule has 0 amide bonds. The van der Waals surface area contributed by atoms with E-state index in [0.717, 1.165) is 47.3 Å². The molecule has 3 aromatic carbocycles. The molecule has 1 N–H and O–H groups in total. The van der Waals surface area contributed by atoms with Gasteiger partial charge in [0.05, 0.1) is 13.7 Å². The van der Waals surface area contributed by atoms with Crippen LogP contribution in [0.2, 0.25) is 0 Å². The fourth-order valence-corrected chi connectivity index (χ4v) is 5.20. The summed E-state index contributed by atoms with van der Waals surface area (Å²) in [6, 6.07) is 23.9. The third-order valence-electron chi connectivity index (χ3n) is 7.17. The first-order chi connectivity index (χ1) is 18.1. The highest BCUT2D eigenvalue weighted by molar-refractivity contribution is 5.80. The Morgan fingerprint density at radius 3 is 2.65 bits per heavy atom. The zero-order chi connectivity index (χ0) is 25.4. The van der Waals surface area contributed by atoms with Gasteiger partial charge in [-0.3, -0.25) is 4.79 Å². The largest absolute Gasteiger partial charge is 0.497 e. The summed E-state index contributed by atoms with van der Waals surface area (Å²) in [4.78, 5) is 18.9. The van der Waals surface area contributed by atoms with Crippen molar-refractivity contribution in [2.45, 2.75) is 32.4 Å². The van der Waals surface area contributed by atoms with Crippen molar-refractivity contribution in [3.63, 3.8) is 0 Å².